The van der Waals surface area contributed by atoms with Crippen molar-refractivity contribution in [3.8, 4) is 11.5 Å². The summed E-state index contributed by atoms with van der Waals surface area (Å²) >= 11 is 0. The van der Waals surface area contributed by atoms with Gasteiger partial charge >= 0.3 is 0 Å². The predicted molar refractivity (Wildman–Crippen MR) is 135 cm³/mol. The molecule has 2 rings (SSSR count). The van der Waals surface area contributed by atoms with Crippen molar-refractivity contribution < 1.29 is 14.2 Å². The summed E-state index contributed by atoms with van der Waals surface area (Å²) in [6.07, 6.45) is 2.29. The number of nitrogens with one attached hydrogen (secondary N) is 2. The molecule has 0 aromatic heterocycles. The van der Waals surface area contributed by atoms with Crippen LogP contribution in [0.5, 0.6) is 11.5 Å². The SMILES string of the molecule is CCOC(CCNC(=NC)NC1CCN(c2cc(OC)cc(OC)c2)C1)C(C)C.I. The van der Waals surface area contributed by atoms with Gasteiger partial charge in [-0.15, -0.1) is 24.0 Å². The van der Waals surface area contributed by atoms with Gasteiger partial charge in [-0.1, -0.05) is 13.8 Å². The number of hydrogen-bond donors (Lipinski definition) is 2. The van der Waals surface area contributed by atoms with Crippen molar-refractivity contribution in [3.05, 3.63) is 18.2 Å². The number of ether oxygens (including phenoxy) is 3. The van der Waals surface area contributed by atoms with E-state index in [1.54, 1.807) is 14.2 Å². The van der Waals surface area contributed by atoms with Crippen molar-refractivity contribution in [2.24, 2.45) is 10.9 Å². The van der Waals surface area contributed by atoms with Crippen LogP contribution in [0.15, 0.2) is 23.2 Å². The molecule has 2 atom stereocenters. The second-order valence-electron chi connectivity index (χ2n) is 7.67. The van der Waals surface area contributed by atoms with Gasteiger partial charge < -0.3 is 29.7 Å². The Labute approximate surface area is 199 Å². The van der Waals surface area contributed by atoms with E-state index in [2.05, 4.69) is 46.5 Å². The van der Waals surface area contributed by atoms with Crippen LogP contribution in [-0.2, 0) is 4.74 Å². The molecule has 172 valence electrons. The van der Waals surface area contributed by atoms with Crippen LogP contribution < -0.4 is 25.0 Å². The molecule has 0 radical (unpaired) electrons. The summed E-state index contributed by atoms with van der Waals surface area (Å²) in [5.41, 5.74) is 1.12. The molecule has 1 heterocycles. The third-order valence-electron chi connectivity index (χ3n) is 5.30. The van der Waals surface area contributed by atoms with E-state index in [-0.39, 0.29) is 30.1 Å². The van der Waals surface area contributed by atoms with E-state index < -0.39 is 0 Å². The summed E-state index contributed by atoms with van der Waals surface area (Å²) < 4.78 is 16.6. The fourth-order valence-corrected chi connectivity index (χ4v) is 3.63. The summed E-state index contributed by atoms with van der Waals surface area (Å²) in [6, 6.07) is 6.34. The van der Waals surface area contributed by atoms with Crippen LogP contribution in [0.25, 0.3) is 0 Å². The molecule has 1 fully saturated rings. The number of guanidine groups is 1. The Hall–Kier alpha value is -1.42. The topological polar surface area (TPSA) is 67.4 Å². The zero-order valence-electron chi connectivity index (χ0n) is 19.2. The lowest BCUT2D eigenvalue weighted by Gasteiger charge is -2.23. The van der Waals surface area contributed by atoms with Gasteiger partial charge in [0, 0.05) is 63.2 Å². The van der Waals surface area contributed by atoms with Crippen LogP contribution in [0.2, 0.25) is 0 Å². The van der Waals surface area contributed by atoms with Crippen LogP contribution in [0, 0.1) is 5.92 Å². The Morgan fingerprint density at radius 3 is 2.40 bits per heavy atom. The zero-order valence-corrected chi connectivity index (χ0v) is 21.6. The molecule has 1 aromatic carbocycles. The van der Waals surface area contributed by atoms with E-state index in [4.69, 9.17) is 14.2 Å². The van der Waals surface area contributed by atoms with Crippen LogP contribution in [0.3, 0.4) is 0 Å². The molecule has 1 aliphatic heterocycles. The van der Waals surface area contributed by atoms with Crippen molar-refractivity contribution in [2.45, 2.75) is 45.8 Å². The first-order valence-electron chi connectivity index (χ1n) is 10.6. The van der Waals surface area contributed by atoms with E-state index in [1.165, 1.54) is 0 Å². The molecular weight excluding hydrogens is 495 g/mol. The smallest absolute Gasteiger partial charge is 0.191 e. The van der Waals surface area contributed by atoms with E-state index >= 15 is 0 Å². The van der Waals surface area contributed by atoms with Gasteiger partial charge in [-0.05, 0) is 25.7 Å². The van der Waals surface area contributed by atoms with Crippen LogP contribution >= 0.6 is 24.0 Å². The lowest BCUT2D eigenvalue weighted by Crippen LogP contribution is -2.45. The molecule has 1 aliphatic rings. The number of aliphatic imine (C=N–C) groups is 1. The van der Waals surface area contributed by atoms with Gasteiger partial charge in [-0.3, -0.25) is 4.99 Å². The summed E-state index contributed by atoms with van der Waals surface area (Å²) in [5, 5.41) is 6.98. The third-order valence-corrected chi connectivity index (χ3v) is 5.30. The monoisotopic (exact) mass is 534 g/mol. The molecule has 0 amide bonds. The van der Waals surface area contributed by atoms with Gasteiger partial charge in [0.05, 0.1) is 20.3 Å². The summed E-state index contributed by atoms with van der Waals surface area (Å²) in [6.45, 7) is 9.93. The Bertz CT molecular complexity index is 635. The molecule has 1 aromatic rings. The Balaban J connectivity index is 0.00000450. The average molecular weight is 534 g/mol. The third kappa shape index (κ3) is 8.02. The normalized spacial score (nSPS) is 17.5. The van der Waals surface area contributed by atoms with Gasteiger partial charge in [0.25, 0.3) is 0 Å². The summed E-state index contributed by atoms with van der Waals surface area (Å²) in [4.78, 5) is 6.73. The van der Waals surface area contributed by atoms with Crippen LogP contribution in [0.4, 0.5) is 5.69 Å². The van der Waals surface area contributed by atoms with Crippen LogP contribution in [-0.4, -0.2) is 65.6 Å². The molecule has 0 saturated carbocycles. The van der Waals surface area contributed by atoms with Crippen molar-refractivity contribution in [1.82, 2.24) is 10.6 Å². The Morgan fingerprint density at radius 2 is 1.87 bits per heavy atom. The number of rotatable bonds is 10. The van der Waals surface area contributed by atoms with Crippen molar-refractivity contribution in [3.63, 3.8) is 0 Å². The maximum absolute atomic E-state index is 5.83. The standard InChI is InChI=1S/C22H38N4O3.HI/c1-7-29-21(16(2)3)8-10-24-22(23-4)25-17-9-11-26(15-17)18-12-19(27-5)14-20(13-18)28-6;/h12-14,16-17,21H,7-11,15H2,1-6H3,(H2,23,24,25);1H. The average Bonchev–Trinajstić information content (AvgIpc) is 3.20. The number of hydrogen-bond acceptors (Lipinski definition) is 5. The highest BCUT2D eigenvalue weighted by atomic mass is 127. The molecule has 0 bridgehead atoms. The van der Waals surface area contributed by atoms with E-state index in [0.717, 1.165) is 62.2 Å². The number of benzene rings is 1. The number of methoxy groups -OCH3 is 2. The highest BCUT2D eigenvalue weighted by Gasteiger charge is 2.24. The van der Waals surface area contributed by atoms with Gasteiger partial charge in [-0.2, -0.15) is 0 Å². The minimum absolute atomic E-state index is 0. The number of anilines is 1. The minimum atomic E-state index is 0. The van der Waals surface area contributed by atoms with Gasteiger partial charge in [0.15, 0.2) is 5.96 Å². The second-order valence-corrected chi connectivity index (χ2v) is 7.67. The first-order valence-corrected chi connectivity index (χ1v) is 10.6. The highest BCUT2D eigenvalue weighted by Crippen LogP contribution is 2.30. The second kappa shape index (κ2) is 13.8. The number of halogens is 1. The molecular formula is C22H39IN4O3. The molecule has 0 spiro atoms. The first kappa shape index (κ1) is 26.6. The summed E-state index contributed by atoms with van der Waals surface area (Å²) in [7, 11) is 5.17. The maximum Gasteiger partial charge on any atom is 0.191 e. The molecule has 1 saturated heterocycles. The molecule has 30 heavy (non-hydrogen) atoms. The minimum Gasteiger partial charge on any atom is -0.497 e. The van der Waals surface area contributed by atoms with E-state index in [0.29, 0.717) is 12.0 Å². The molecule has 2 unspecified atom stereocenters. The zero-order chi connectivity index (χ0) is 21.2. The quantitative estimate of drug-likeness (QED) is 0.272. The van der Waals surface area contributed by atoms with Crippen molar-refractivity contribution >= 4 is 35.6 Å². The Morgan fingerprint density at radius 1 is 1.20 bits per heavy atom. The Kier molecular flexibility index (Phi) is 12.2. The maximum atomic E-state index is 5.83. The molecule has 7 nitrogen and oxygen atoms in total. The van der Waals surface area contributed by atoms with Crippen LogP contribution in [0.1, 0.15) is 33.6 Å². The van der Waals surface area contributed by atoms with Crippen molar-refractivity contribution in [2.75, 3.05) is 52.4 Å². The molecule has 8 heteroatoms. The van der Waals surface area contributed by atoms with E-state index in [9.17, 15) is 0 Å². The molecule has 2 N–H and O–H groups in total. The van der Waals surface area contributed by atoms with Gasteiger partial charge in [0.2, 0.25) is 0 Å². The van der Waals surface area contributed by atoms with Gasteiger partial charge in [-0.25, -0.2) is 0 Å². The highest BCUT2D eigenvalue weighted by molar-refractivity contribution is 14.0. The fraction of sp³-hybridized carbons (Fsp3) is 0.682. The summed E-state index contributed by atoms with van der Waals surface area (Å²) in [5.74, 6) is 2.97. The molecule has 0 aliphatic carbocycles. The largest absolute Gasteiger partial charge is 0.497 e. The van der Waals surface area contributed by atoms with Gasteiger partial charge in [0.1, 0.15) is 11.5 Å². The lowest BCUT2D eigenvalue weighted by atomic mass is 10.0. The number of nitrogens with zero attached hydrogens (tertiary/aromatic N) is 2. The first-order chi connectivity index (χ1) is 14.0. The fourth-order valence-electron chi connectivity index (χ4n) is 3.63. The predicted octanol–water partition coefficient (Wildman–Crippen LogP) is 3.52. The van der Waals surface area contributed by atoms with Crippen molar-refractivity contribution in [1.29, 1.82) is 0 Å². The lowest BCUT2D eigenvalue weighted by molar-refractivity contribution is 0.0258. The van der Waals surface area contributed by atoms with E-state index in [1.807, 2.05) is 20.0 Å².